The molecule has 0 aromatic heterocycles. The molecule has 1 atom stereocenters. The van der Waals surface area contributed by atoms with Gasteiger partial charge in [-0.3, -0.25) is 14.4 Å². The van der Waals surface area contributed by atoms with E-state index in [0.717, 1.165) is 0 Å². The Morgan fingerprint density at radius 1 is 1.31 bits per heavy atom. The van der Waals surface area contributed by atoms with Crippen molar-refractivity contribution in [3.8, 4) is 5.75 Å². The Morgan fingerprint density at radius 3 is 2.55 bits per heavy atom. The summed E-state index contributed by atoms with van der Waals surface area (Å²) in [6, 6.07) is 3.92. The maximum Gasteiger partial charge on any atom is 0.309 e. The van der Waals surface area contributed by atoms with Crippen molar-refractivity contribution in [2.75, 3.05) is 33.3 Å². The number of nitrogens with zero attached hydrogens (tertiary/aromatic N) is 2. The molecule has 2 amide bonds. The molecule has 2 rings (SSSR count). The summed E-state index contributed by atoms with van der Waals surface area (Å²) in [6.07, 6.45) is 0.268. The van der Waals surface area contributed by atoms with Crippen molar-refractivity contribution in [2.45, 2.75) is 32.8 Å². The van der Waals surface area contributed by atoms with E-state index < -0.39 is 11.9 Å². The first-order valence-electron chi connectivity index (χ1n) is 9.54. The number of ether oxygens (including phenoxy) is 2. The molecule has 0 bridgehead atoms. The molecule has 0 aliphatic carbocycles. The van der Waals surface area contributed by atoms with Crippen LogP contribution in [0.5, 0.6) is 5.75 Å². The number of carbonyl (C=O) groups excluding carboxylic acids is 3. The molecule has 29 heavy (non-hydrogen) atoms. The van der Waals surface area contributed by atoms with Gasteiger partial charge in [0, 0.05) is 20.1 Å². The predicted octanol–water partition coefficient (Wildman–Crippen LogP) is 2.62. The second-order valence-electron chi connectivity index (χ2n) is 6.94. The van der Waals surface area contributed by atoms with Crippen LogP contribution in [0.1, 0.15) is 26.7 Å². The van der Waals surface area contributed by atoms with Crippen molar-refractivity contribution in [2.24, 2.45) is 5.92 Å². The highest BCUT2D eigenvalue weighted by molar-refractivity contribution is 9.10. The van der Waals surface area contributed by atoms with Gasteiger partial charge in [0.2, 0.25) is 5.91 Å². The van der Waals surface area contributed by atoms with Crippen molar-refractivity contribution in [3.05, 3.63) is 28.5 Å². The third-order valence-corrected chi connectivity index (χ3v) is 5.38. The van der Waals surface area contributed by atoms with Crippen LogP contribution in [0.3, 0.4) is 0 Å². The molecule has 1 fully saturated rings. The fourth-order valence-corrected chi connectivity index (χ4v) is 3.57. The van der Waals surface area contributed by atoms with E-state index in [-0.39, 0.29) is 30.2 Å². The molecule has 1 aromatic carbocycles. The number of piperidine rings is 1. The lowest BCUT2D eigenvalue weighted by Gasteiger charge is -2.32. The largest absolute Gasteiger partial charge is 0.480 e. The second kappa shape index (κ2) is 10.6. The van der Waals surface area contributed by atoms with Gasteiger partial charge in [0.1, 0.15) is 11.6 Å². The molecule has 0 saturated carbocycles. The summed E-state index contributed by atoms with van der Waals surface area (Å²) in [4.78, 5) is 39.8. The van der Waals surface area contributed by atoms with Crippen LogP contribution in [0.25, 0.3) is 0 Å². The van der Waals surface area contributed by atoms with E-state index in [9.17, 15) is 18.8 Å². The minimum atomic E-state index is -0.843. The SMILES string of the molecule is CCOC(=O)C1CCN(C(=O)CN(C)C(=O)C(C)Oc2ccc(F)cc2Br)CC1. The first-order valence-corrected chi connectivity index (χ1v) is 10.3. The highest BCUT2D eigenvalue weighted by Crippen LogP contribution is 2.26. The summed E-state index contributed by atoms with van der Waals surface area (Å²) in [5.74, 6) is -1.02. The molecule has 0 N–H and O–H groups in total. The zero-order chi connectivity index (χ0) is 21.6. The third kappa shape index (κ3) is 6.42. The number of likely N-dealkylation sites (N-methyl/N-ethyl adjacent to an activating group) is 1. The van der Waals surface area contributed by atoms with Gasteiger partial charge in [0.15, 0.2) is 6.10 Å². The van der Waals surface area contributed by atoms with Crippen LogP contribution in [0.15, 0.2) is 22.7 Å². The van der Waals surface area contributed by atoms with Crippen LogP contribution < -0.4 is 4.74 Å². The topological polar surface area (TPSA) is 76.2 Å². The van der Waals surface area contributed by atoms with Crippen LogP contribution in [0, 0.1) is 11.7 Å². The lowest BCUT2D eigenvalue weighted by Crippen LogP contribution is -2.47. The molecule has 7 nitrogen and oxygen atoms in total. The van der Waals surface area contributed by atoms with Crippen LogP contribution in [-0.4, -0.2) is 67.0 Å². The van der Waals surface area contributed by atoms with E-state index >= 15 is 0 Å². The summed E-state index contributed by atoms with van der Waals surface area (Å²) in [5.41, 5.74) is 0. The van der Waals surface area contributed by atoms with Gasteiger partial charge in [0.25, 0.3) is 5.91 Å². The molecule has 1 aliphatic rings. The Hall–Kier alpha value is -2.16. The van der Waals surface area contributed by atoms with Gasteiger partial charge in [-0.15, -0.1) is 0 Å². The third-order valence-electron chi connectivity index (χ3n) is 4.76. The Balaban J connectivity index is 1.84. The number of likely N-dealkylation sites (tertiary alicyclic amines) is 1. The zero-order valence-electron chi connectivity index (χ0n) is 16.8. The number of carbonyl (C=O) groups is 3. The Bertz CT molecular complexity index is 752. The summed E-state index contributed by atoms with van der Waals surface area (Å²) in [6.45, 7) is 4.52. The van der Waals surface area contributed by atoms with Gasteiger partial charge in [-0.1, -0.05) is 0 Å². The molecule has 9 heteroatoms. The molecule has 1 aromatic rings. The Labute approximate surface area is 178 Å². The number of benzene rings is 1. The van der Waals surface area contributed by atoms with Crippen molar-refractivity contribution in [1.82, 2.24) is 9.80 Å². The van der Waals surface area contributed by atoms with Gasteiger partial charge >= 0.3 is 5.97 Å². The van der Waals surface area contributed by atoms with Crippen molar-refractivity contribution >= 4 is 33.7 Å². The fourth-order valence-electron chi connectivity index (χ4n) is 3.13. The Morgan fingerprint density at radius 2 is 1.97 bits per heavy atom. The molecule has 160 valence electrons. The number of amides is 2. The van der Waals surface area contributed by atoms with Crippen LogP contribution in [-0.2, 0) is 19.1 Å². The van der Waals surface area contributed by atoms with Crippen molar-refractivity contribution in [1.29, 1.82) is 0 Å². The smallest absolute Gasteiger partial charge is 0.309 e. The Kier molecular flexibility index (Phi) is 8.43. The summed E-state index contributed by atoms with van der Waals surface area (Å²) in [7, 11) is 1.53. The van der Waals surface area contributed by atoms with Gasteiger partial charge < -0.3 is 19.3 Å². The quantitative estimate of drug-likeness (QED) is 0.570. The van der Waals surface area contributed by atoms with E-state index in [2.05, 4.69) is 15.9 Å². The molecule has 1 aliphatic heterocycles. The summed E-state index contributed by atoms with van der Waals surface area (Å²) < 4.78 is 24.2. The molecule has 1 unspecified atom stereocenters. The highest BCUT2D eigenvalue weighted by Gasteiger charge is 2.29. The first kappa shape index (κ1) is 23.1. The normalized spacial score (nSPS) is 15.6. The molecule has 0 spiro atoms. The highest BCUT2D eigenvalue weighted by atomic mass is 79.9. The number of hydrogen-bond donors (Lipinski definition) is 0. The second-order valence-corrected chi connectivity index (χ2v) is 7.79. The zero-order valence-corrected chi connectivity index (χ0v) is 18.4. The van der Waals surface area contributed by atoms with E-state index in [1.807, 2.05) is 0 Å². The number of halogens is 2. The average Bonchev–Trinajstić information content (AvgIpc) is 2.69. The molecule has 1 saturated heterocycles. The maximum absolute atomic E-state index is 13.2. The van der Waals surface area contributed by atoms with E-state index in [1.165, 1.54) is 30.1 Å². The van der Waals surface area contributed by atoms with Crippen LogP contribution in [0.4, 0.5) is 4.39 Å². The molecule has 0 radical (unpaired) electrons. The van der Waals surface area contributed by atoms with Crippen molar-refractivity contribution in [3.63, 3.8) is 0 Å². The molecular formula is C20H26BrFN2O5. The number of esters is 1. The first-order chi connectivity index (χ1) is 13.7. The van der Waals surface area contributed by atoms with E-state index in [0.29, 0.717) is 42.8 Å². The van der Waals surface area contributed by atoms with Gasteiger partial charge in [-0.05, 0) is 60.8 Å². The summed E-state index contributed by atoms with van der Waals surface area (Å²) in [5, 5.41) is 0. The van der Waals surface area contributed by atoms with Gasteiger partial charge in [-0.2, -0.15) is 0 Å². The van der Waals surface area contributed by atoms with Crippen molar-refractivity contribution < 1.29 is 28.2 Å². The lowest BCUT2D eigenvalue weighted by molar-refractivity contribution is -0.151. The monoisotopic (exact) mass is 472 g/mol. The van der Waals surface area contributed by atoms with E-state index in [4.69, 9.17) is 9.47 Å². The fraction of sp³-hybridized carbons (Fsp3) is 0.550. The average molecular weight is 473 g/mol. The minimum absolute atomic E-state index is 0.0821. The maximum atomic E-state index is 13.2. The molecular weight excluding hydrogens is 447 g/mol. The van der Waals surface area contributed by atoms with Crippen LogP contribution >= 0.6 is 15.9 Å². The minimum Gasteiger partial charge on any atom is -0.480 e. The van der Waals surface area contributed by atoms with E-state index in [1.54, 1.807) is 18.7 Å². The molecule has 1 heterocycles. The predicted molar refractivity (Wildman–Crippen MR) is 108 cm³/mol. The lowest BCUT2D eigenvalue weighted by atomic mass is 9.97. The van der Waals surface area contributed by atoms with Crippen LogP contribution in [0.2, 0.25) is 0 Å². The summed E-state index contributed by atoms with van der Waals surface area (Å²) >= 11 is 3.20. The van der Waals surface area contributed by atoms with Gasteiger partial charge in [-0.25, -0.2) is 4.39 Å². The van der Waals surface area contributed by atoms with Gasteiger partial charge in [0.05, 0.1) is 23.5 Å². The standard InChI is InChI=1S/C20H26BrFN2O5/c1-4-28-20(27)14-7-9-24(10-8-14)18(25)12-23(3)19(26)13(2)29-17-6-5-15(22)11-16(17)21/h5-6,11,13-14H,4,7-10,12H2,1-3H3. The number of rotatable bonds is 7. The number of hydrogen-bond acceptors (Lipinski definition) is 5.